The Kier molecular flexibility index (Phi) is 8.31. The molecule has 0 heterocycles. The van der Waals surface area contributed by atoms with Crippen LogP contribution in [0, 0.1) is 23.3 Å². The van der Waals surface area contributed by atoms with Gasteiger partial charge in [-0.25, -0.2) is 18.0 Å². The molecular weight excluding hydrogens is 453 g/mol. The van der Waals surface area contributed by atoms with Gasteiger partial charge in [0.15, 0.2) is 17.4 Å². The van der Waals surface area contributed by atoms with Crippen molar-refractivity contribution in [1.82, 2.24) is 0 Å². The van der Waals surface area contributed by atoms with E-state index in [1.54, 1.807) is 12.1 Å². The van der Waals surface area contributed by atoms with Crippen LogP contribution in [0.3, 0.4) is 0 Å². The van der Waals surface area contributed by atoms with Crippen LogP contribution in [0.25, 0.3) is 0 Å². The van der Waals surface area contributed by atoms with Gasteiger partial charge in [0.1, 0.15) is 5.75 Å². The monoisotopic (exact) mass is 470 g/mol. The van der Waals surface area contributed by atoms with Crippen molar-refractivity contribution in [1.29, 1.82) is 0 Å². The number of methoxy groups -OCH3 is 1. The van der Waals surface area contributed by atoms with Gasteiger partial charge in [-0.3, -0.25) is 0 Å². The van der Waals surface area contributed by atoms with Gasteiger partial charge in [0.05, 0.1) is 20.3 Å². The van der Waals surface area contributed by atoms with Crippen LogP contribution in [0.4, 0.5) is 35.5 Å². The van der Waals surface area contributed by atoms with E-state index in [9.17, 15) is 35.5 Å². The molecule has 0 aromatic heterocycles. The third-order valence-corrected chi connectivity index (χ3v) is 4.16. The molecule has 0 saturated carbocycles. The Morgan fingerprint density at radius 2 is 1.56 bits per heavy atom. The van der Waals surface area contributed by atoms with Gasteiger partial charge in [0.2, 0.25) is 17.7 Å². The topological polar surface area (TPSA) is 54.0 Å². The summed E-state index contributed by atoms with van der Waals surface area (Å²) in [5.74, 6) is -9.27. The fourth-order valence-electron chi connectivity index (χ4n) is 2.50. The Balaban J connectivity index is 2.09. The molecule has 0 aliphatic carbocycles. The zero-order chi connectivity index (χ0) is 24.1. The lowest BCUT2D eigenvalue weighted by molar-refractivity contribution is -0.220. The molecule has 176 valence electrons. The molecule has 2 aromatic rings. The second-order valence-electron chi connectivity index (χ2n) is 6.28. The average Bonchev–Trinajstić information content (AvgIpc) is 2.75. The molecule has 0 radical (unpaired) electrons. The predicted molar refractivity (Wildman–Crippen MR) is 95.3 cm³/mol. The molecule has 0 fully saturated rings. The minimum atomic E-state index is -5.11. The quantitative estimate of drug-likeness (QED) is 0.168. The Labute approximate surface area is 177 Å². The highest BCUT2D eigenvalue weighted by Gasteiger charge is 2.44. The first kappa shape index (κ1) is 25.2. The van der Waals surface area contributed by atoms with Crippen LogP contribution in [-0.4, -0.2) is 32.2 Å². The highest BCUT2D eigenvalue weighted by atomic mass is 19.4. The molecule has 0 N–H and O–H groups in total. The smallest absolute Gasteiger partial charge is 0.497 e. The zero-order valence-corrected chi connectivity index (χ0v) is 16.7. The molecule has 0 saturated heterocycles. The summed E-state index contributed by atoms with van der Waals surface area (Å²) in [5, 5.41) is 0. The third kappa shape index (κ3) is 6.02. The third-order valence-electron chi connectivity index (χ3n) is 4.16. The number of alkyl halides is 3. The molecule has 0 aliphatic rings. The number of carbonyl (C=O) groups is 1. The van der Waals surface area contributed by atoms with Crippen molar-refractivity contribution in [3.8, 4) is 11.5 Å². The molecular formula is C20H17F7O5. The van der Waals surface area contributed by atoms with Gasteiger partial charge in [-0.15, -0.1) is 0 Å². The number of ether oxygens (including phenoxy) is 4. The lowest BCUT2D eigenvalue weighted by Crippen LogP contribution is -2.38. The molecule has 12 heteroatoms. The first-order valence-corrected chi connectivity index (χ1v) is 9.00. The maximum Gasteiger partial charge on any atom is 0.514 e. The molecule has 0 unspecified atom stereocenters. The van der Waals surface area contributed by atoms with Crippen molar-refractivity contribution in [2.75, 3.05) is 13.7 Å². The van der Waals surface area contributed by atoms with Crippen molar-refractivity contribution in [2.45, 2.75) is 32.2 Å². The van der Waals surface area contributed by atoms with E-state index in [0.29, 0.717) is 11.3 Å². The van der Waals surface area contributed by atoms with Gasteiger partial charge < -0.3 is 18.9 Å². The van der Waals surface area contributed by atoms with E-state index in [1.807, 2.05) is 0 Å². The van der Waals surface area contributed by atoms with Gasteiger partial charge in [-0.05, 0) is 24.1 Å². The van der Waals surface area contributed by atoms with Crippen LogP contribution in [0.15, 0.2) is 24.3 Å². The number of benzene rings is 2. The van der Waals surface area contributed by atoms with Crippen molar-refractivity contribution < 1.29 is 54.5 Å². The van der Waals surface area contributed by atoms with E-state index in [0.717, 1.165) is 0 Å². The van der Waals surface area contributed by atoms with Gasteiger partial charge in [-0.1, -0.05) is 19.1 Å². The van der Waals surface area contributed by atoms with E-state index in [2.05, 4.69) is 9.47 Å². The molecule has 0 aliphatic heterocycles. The number of hydrogen-bond donors (Lipinski definition) is 0. The Bertz CT molecular complexity index is 945. The average molecular weight is 470 g/mol. The fraction of sp³-hybridized carbons (Fsp3) is 0.350. The largest absolute Gasteiger partial charge is 0.514 e. The summed E-state index contributed by atoms with van der Waals surface area (Å²) >= 11 is 0. The summed E-state index contributed by atoms with van der Waals surface area (Å²) in [6, 6.07) is 6.16. The van der Waals surface area contributed by atoms with Crippen molar-refractivity contribution in [2.24, 2.45) is 0 Å². The molecule has 1 atom stereocenters. The first-order valence-electron chi connectivity index (χ1n) is 9.00. The summed E-state index contributed by atoms with van der Waals surface area (Å²) in [6.45, 7) is -0.239. The second kappa shape index (κ2) is 10.5. The second-order valence-corrected chi connectivity index (χ2v) is 6.28. The number of halogens is 7. The minimum Gasteiger partial charge on any atom is -0.497 e. The lowest BCUT2D eigenvalue weighted by atomic mass is 10.1. The molecule has 0 spiro atoms. The van der Waals surface area contributed by atoms with Crippen molar-refractivity contribution in [3.05, 3.63) is 58.7 Å². The minimum absolute atomic E-state index is 0.280. The number of carbonyl (C=O) groups excluding carboxylic acids is 1. The summed E-state index contributed by atoms with van der Waals surface area (Å²) < 4.78 is 112. The van der Waals surface area contributed by atoms with E-state index < -0.39 is 66.0 Å². The van der Waals surface area contributed by atoms with E-state index in [1.165, 1.54) is 26.2 Å². The molecule has 32 heavy (non-hydrogen) atoms. The first-order chi connectivity index (χ1) is 15.0. The van der Waals surface area contributed by atoms with Crippen LogP contribution >= 0.6 is 0 Å². The number of hydrogen-bond acceptors (Lipinski definition) is 5. The van der Waals surface area contributed by atoms with E-state index >= 15 is 0 Å². The van der Waals surface area contributed by atoms with Gasteiger partial charge >= 0.3 is 12.3 Å². The standard InChI is InChI=1S/C20H17F7O5/c1-3-12-14(21)15(22)16(23)17(24)18(12)32-19(28)31-13(20(25,26)27)9-30-8-10-4-6-11(29-2)7-5-10/h4-7,13H,3,8-9H2,1-2H3/t13-/m1/s1. The zero-order valence-electron chi connectivity index (χ0n) is 16.7. The number of rotatable bonds is 8. The van der Waals surface area contributed by atoms with Crippen LogP contribution in [0.1, 0.15) is 18.1 Å². The van der Waals surface area contributed by atoms with Gasteiger partial charge in [0, 0.05) is 5.56 Å². The predicted octanol–water partition coefficient (Wildman–Crippen LogP) is 5.48. The van der Waals surface area contributed by atoms with Gasteiger partial charge in [0.25, 0.3) is 0 Å². The normalized spacial score (nSPS) is 12.4. The summed E-state index contributed by atoms with van der Waals surface area (Å²) in [5.41, 5.74) is -0.404. The summed E-state index contributed by atoms with van der Waals surface area (Å²) in [7, 11) is 1.43. The van der Waals surface area contributed by atoms with Gasteiger partial charge in [-0.2, -0.15) is 17.6 Å². The van der Waals surface area contributed by atoms with Crippen molar-refractivity contribution in [3.63, 3.8) is 0 Å². The Morgan fingerprint density at radius 3 is 2.09 bits per heavy atom. The molecule has 2 rings (SSSR count). The Hall–Kier alpha value is -3.02. The van der Waals surface area contributed by atoms with Crippen LogP contribution in [-0.2, 0) is 22.5 Å². The highest BCUT2D eigenvalue weighted by Crippen LogP contribution is 2.32. The van der Waals surface area contributed by atoms with Crippen LogP contribution in [0.2, 0.25) is 0 Å². The molecule has 0 amide bonds. The molecule has 5 nitrogen and oxygen atoms in total. The summed E-state index contributed by atoms with van der Waals surface area (Å²) in [4.78, 5) is 11.8. The lowest BCUT2D eigenvalue weighted by Gasteiger charge is -2.21. The fourth-order valence-corrected chi connectivity index (χ4v) is 2.50. The van der Waals surface area contributed by atoms with Crippen LogP contribution in [0.5, 0.6) is 11.5 Å². The molecule has 0 bridgehead atoms. The van der Waals surface area contributed by atoms with Crippen LogP contribution < -0.4 is 9.47 Å². The Morgan fingerprint density at radius 1 is 0.969 bits per heavy atom. The highest BCUT2D eigenvalue weighted by molar-refractivity contribution is 5.65. The maximum atomic E-state index is 13.9. The maximum absolute atomic E-state index is 13.9. The van der Waals surface area contributed by atoms with E-state index in [-0.39, 0.29) is 6.61 Å². The van der Waals surface area contributed by atoms with Crippen molar-refractivity contribution >= 4 is 6.16 Å². The summed E-state index contributed by atoms with van der Waals surface area (Å²) in [6.07, 6.45) is -10.5. The SMILES string of the molecule is CCc1c(F)c(F)c(F)c(F)c1OC(=O)O[C@H](COCc1ccc(OC)cc1)C(F)(F)F. The van der Waals surface area contributed by atoms with E-state index in [4.69, 9.17) is 9.47 Å². The molecule has 2 aromatic carbocycles.